The van der Waals surface area contributed by atoms with E-state index in [1.807, 2.05) is 24.3 Å². The highest BCUT2D eigenvalue weighted by atomic mass is 35.5. The van der Waals surface area contributed by atoms with E-state index in [-0.39, 0.29) is 17.7 Å². The molecule has 116 valence electrons. The number of nitrogens with one attached hydrogen (secondary N) is 1. The highest BCUT2D eigenvalue weighted by Crippen LogP contribution is 2.32. The molecule has 0 fully saturated rings. The van der Waals surface area contributed by atoms with E-state index in [2.05, 4.69) is 5.32 Å². The van der Waals surface area contributed by atoms with Crippen LogP contribution in [0.15, 0.2) is 52.9 Å². The maximum Gasteiger partial charge on any atom is 0.287 e. The van der Waals surface area contributed by atoms with Crippen LogP contribution in [-0.4, -0.2) is 12.5 Å². The number of hydrogen-bond acceptors (Lipinski definition) is 3. The molecule has 1 aliphatic rings. The van der Waals surface area contributed by atoms with Gasteiger partial charge >= 0.3 is 0 Å². The summed E-state index contributed by atoms with van der Waals surface area (Å²) >= 11 is 5.96. The minimum absolute atomic E-state index is 0.0794. The van der Waals surface area contributed by atoms with Crippen molar-refractivity contribution >= 4 is 28.5 Å². The number of para-hydroxylation sites is 1. The van der Waals surface area contributed by atoms with Gasteiger partial charge in [-0.2, -0.15) is 0 Å². The fourth-order valence-electron chi connectivity index (χ4n) is 2.85. The van der Waals surface area contributed by atoms with E-state index < -0.39 is 0 Å². The summed E-state index contributed by atoms with van der Waals surface area (Å²) in [7, 11) is 0. The smallest absolute Gasteiger partial charge is 0.287 e. The van der Waals surface area contributed by atoms with Crippen LogP contribution in [0.2, 0.25) is 5.02 Å². The van der Waals surface area contributed by atoms with Gasteiger partial charge in [-0.05, 0) is 30.3 Å². The number of benzene rings is 2. The third kappa shape index (κ3) is 2.66. The lowest BCUT2D eigenvalue weighted by molar-refractivity contribution is 0.0899. The Morgan fingerprint density at radius 2 is 2.04 bits per heavy atom. The molecule has 1 atom stereocenters. The average Bonchev–Trinajstić information content (AvgIpc) is 2.98. The molecular weight excluding hydrogens is 314 g/mol. The molecule has 1 aliphatic heterocycles. The lowest BCUT2D eigenvalue weighted by atomic mass is 10.0. The second-order valence-electron chi connectivity index (χ2n) is 5.49. The second-order valence-corrected chi connectivity index (χ2v) is 5.93. The largest absolute Gasteiger partial charge is 0.493 e. The number of amides is 1. The van der Waals surface area contributed by atoms with Gasteiger partial charge in [-0.25, -0.2) is 0 Å². The third-order valence-electron chi connectivity index (χ3n) is 3.97. The number of hydrogen-bond donors (Lipinski definition) is 1. The summed E-state index contributed by atoms with van der Waals surface area (Å²) in [5, 5.41) is 4.45. The number of carbonyl (C=O) groups excluding carboxylic acids is 1. The van der Waals surface area contributed by atoms with Gasteiger partial charge < -0.3 is 14.5 Å². The van der Waals surface area contributed by atoms with Crippen LogP contribution in [0, 0.1) is 0 Å². The fraction of sp³-hybridized carbons (Fsp3) is 0.167. The van der Waals surface area contributed by atoms with E-state index in [9.17, 15) is 4.79 Å². The molecule has 4 rings (SSSR count). The number of carbonyl (C=O) groups is 1. The van der Waals surface area contributed by atoms with Crippen molar-refractivity contribution in [1.82, 2.24) is 5.32 Å². The molecule has 0 saturated heterocycles. The third-order valence-corrected chi connectivity index (χ3v) is 4.20. The summed E-state index contributed by atoms with van der Waals surface area (Å²) in [6, 6.07) is 14.7. The summed E-state index contributed by atoms with van der Waals surface area (Å²) < 4.78 is 11.2. The minimum Gasteiger partial charge on any atom is -0.493 e. The molecule has 0 unspecified atom stereocenters. The van der Waals surface area contributed by atoms with Crippen molar-refractivity contribution in [1.29, 1.82) is 0 Å². The SMILES string of the molecule is O=C(N[C@@H]1CCOc2ccccc21)c1cc2cc(Cl)ccc2o1. The van der Waals surface area contributed by atoms with Crippen molar-refractivity contribution < 1.29 is 13.9 Å². The Morgan fingerprint density at radius 3 is 2.96 bits per heavy atom. The van der Waals surface area contributed by atoms with E-state index >= 15 is 0 Å². The molecule has 4 nitrogen and oxygen atoms in total. The monoisotopic (exact) mass is 327 g/mol. The first-order valence-electron chi connectivity index (χ1n) is 7.42. The summed E-state index contributed by atoms with van der Waals surface area (Å²) in [4.78, 5) is 12.5. The van der Waals surface area contributed by atoms with Gasteiger partial charge in [0.05, 0.1) is 12.6 Å². The summed E-state index contributed by atoms with van der Waals surface area (Å²) in [6.07, 6.45) is 0.731. The van der Waals surface area contributed by atoms with E-state index in [4.69, 9.17) is 20.8 Å². The molecule has 0 saturated carbocycles. The lowest BCUT2D eigenvalue weighted by Crippen LogP contribution is -2.31. The summed E-state index contributed by atoms with van der Waals surface area (Å²) in [6.45, 7) is 0.581. The van der Waals surface area contributed by atoms with E-state index in [0.717, 1.165) is 23.1 Å². The van der Waals surface area contributed by atoms with Crippen molar-refractivity contribution in [3.8, 4) is 5.75 Å². The van der Waals surface area contributed by atoms with Gasteiger partial charge in [0.2, 0.25) is 0 Å². The highest BCUT2D eigenvalue weighted by Gasteiger charge is 2.24. The molecule has 3 aromatic rings. The van der Waals surface area contributed by atoms with Gasteiger partial charge in [-0.15, -0.1) is 0 Å². The van der Waals surface area contributed by atoms with Gasteiger partial charge in [0.15, 0.2) is 5.76 Å². The van der Waals surface area contributed by atoms with Crippen LogP contribution >= 0.6 is 11.6 Å². The summed E-state index contributed by atoms with van der Waals surface area (Å²) in [5.41, 5.74) is 1.64. The normalized spacial score (nSPS) is 16.7. The maximum absolute atomic E-state index is 12.5. The zero-order chi connectivity index (χ0) is 15.8. The first-order chi connectivity index (χ1) is 11.2. The summed E-state index contributed by atoms with van der Waals surface area (Å²) in [5.74, 6) is 0.866. The van der Waals surface area contributed by atoms with Crippen molar-refractivity contribution in [2.24, 2.45) is 0 Å². The predicted molar refractivity (Wildman–Crippen MR) is 88.0 cm³/mol. The lowest BCUT2D eigenvalue weighted by Gasteiger charge is -2.26. The molecule has 0 bridgehead atoms. The van der Waals surface area contributed by atoms with Gasteiger partial charge in [-0.3, -0.25) is 4.79 Å². The van der Waals surface area contributed by atoms with Crippen LogP contribution in [0.1, 0.15) is 28.6 Å². The Labute approximate surface area is 138 Å². The Bertz CT molecular complexity index is 887. The first-order valence-corrected chi connectivity index (χ1v) is 7.80. The minimum atomic E-state index is -0.237. The molecule has 1 amide bonds. The number of rotatable bonds is 2. The fourth-order valence-corrected chi connectivity index (χ4v) is 3.03. The van der Waals surface area contributed by atoms with Gasteiger partial charge in [0.1, 0.15) is 11.3 Å². The second kappa shape index (κ2) is 5.63. The first kappa shape index (κ1) is 14.2. The Kier molecular flexibility index (Phi) is 3.46. The molecule has 2 heterocycles. The molecule has 5 heteroatoms. The van der Waals surface area contributed by atoms with Crippen molar-refractivity contribution in [2.45, 2.75) is 12.5 Å². The highest BCUT2D eigenvalue weighted by molar-refractivity contribution is 6.31. The zero-order valence-electron chi connectivity index (χ0n) is 12.2. The standard InChI is InChI=1S/C18H14ClNO3/c19-12-5-6-15-11(9-12)10-17(23-15)18(21)20-14-7-8-22-16-4-2-1-3-13(14)16/h1-6,9-10,14H,7-8H2,(H,20,21)/t14-/m1/s1. The number of ether oxygens (including phenoxy) is 1. The van der Waals surface area contributed by atoms with E-state index in [1.165, 1.54) is 0 Å². The average molecular weight is 328 g/mol. The van der Waals surface area contributed by atoms with E-state index in [0.29, 0.717) is 17.2 Å². The molecule has 0 spiro atoms. The molecule has 23 heavy (non-hydrogen) atoms. The quantitative estimate of drug-likeness (QED) is 0.761. The number of fused-ring (bicyclic) bond motifs is 2. The molecule has 0 radical (unpaired) electrons. The molecule has 0 aliphatic carbocycles. The molecule has 2 aromatic carbocycles. The maximum atomic E-state index is 12.5. The van der Waals surface area contributed by atoms with Crippen molar-refractivity contribution in [3.05, 3.63) is 64.9 Å². The van der Waals surface area contributed by atoms with E-state index in [1.54, 1.807) is 24.3 Å². The number of furan rings is 1. The number of halogens is 1. The van der Waals surface area contributed by atoms with Crippen LogP contribution in [0.3, 0.4) is 0 Å². The van der Waals surface area contributed by atoms with Crippen LogP contribution in [0.4, 0.5) is 0 Å². The Balaban J connectivity index is 1.60. The van der Waals surface area contributed by atoms with Crippen LogP contribution in [0.5, 0.6) is 5.75 Å². The predicted octanol–water partition coefficient (Wildman–Crippen LogP) is 4.34. The molecule has 1 N–H and O–H groups in total. The van der Waals surface area contributed by atoms with Crippen LogP contribution in [-0.2, 0) is 0 Å². The van der Waals surface area contributed by atoms with Crippen molar-refractivity contribution in [2.75, 3.05) is 6.61 Å². The Morgan fingerprint density at radius 1 is 1.17 bits per heavy atom. The molecular formula is C18H14ClNO3. The van der Waals surface area contributed by atoms with Crippen LogP contribution in [0.25, 0.3) is 11.0 Å². The molecule has 1 aromatic heterocycles. The van der Waals surface area contributed by atoms with Gasteiger partial charge in [-0.1, -0.05) is 29.8 Å². The Hall–Kier alpha value is -2.46. The van der Waals surface area contributed by atoms with Gasteiger partial charge in [0.25, 0.3) is 5.91 Å². The van der Waals surface area contributed by atoms with Crippen LogP contribution < -0.4 is 10.1 Å². The van der Waals surface area contributed by atoms with Crippen molar-refractivity contribution in [3.63, 3.8) is 0 Å². The zero-order valence-corrected chi connectivity index (χ0v) is 13.0. The topological polar surface area (TPSA) is 51.5 Å². The van der Waals surface area contributed by atoms with Gasteiger partial charge in [0, 0.05) is 22.4 Å².